The van der Waals surface area contributed by atoms with Crippen molar-refractivity contribution in [2.75, 3.05) is 5.73 Å². The number of benzene rings is 1. The second-order valence-electron chi connectivity index (χ2n) is 7.82. The molecule has 162 valence electrons. The Morgan fingerprint density at radius 3 is 2.56 bits per heavy atom. The maximum atomic E-state index is 13.5. The number of rotatable bonds is 7. The van der Waals surface area contributed by atoms with Crippen LogP contribution in [0.15, 0.2) is 61.2 Å². The number of aryl methyl sites for hydroxylation is 1. The SMILES string of the molecule is Cc1ccc(CC(=N)CC(C)n2cnc(-c3ccc(F)cc3)c2-c2ccnc(N)n2)nc1. The number of imidazole rings is 1. The van der Waals surface area contributed by atoms with Gasteiger partial charge >= 0.3 is 0 Å². The summed E-state index contributed by atoms with van der Waals surface area (Å²) in [4.78, 5) is 17.4. The van der Waals surface area contributed by atoms with Gasteiger partial charge in [0, 0.05) is 48.2 Å². The van der Waals surface area contributed by atoms with Gasteiger partial charge in [0.25, 0.3) is 0 Å². The van der Waals surface area contributed by atoms with Crippen molar-refractivity contribution in [1.82, 2.24) is 24.5 Å². The van der Waals surface area contributed by atoms with Crippen LogP contribution in [-0.4, -0.2) is 30.2 Å². The van der Waals surface area contributed by atoms with Gasteiger partial charge in [-0.25, -0.2) is 19.3 Å². The quantitative estimate of drug-likeness (QED) is 0.416. The molecule has 0 aliphatic heterocycles. The molecule has 8 heteroatoms. The van der Waals surface area contributed by atoms with Crippen molar-refractivity contribution in [3.63, 3.8) is 0 Å². The molecule has 32 heavy (non-hydrogen) atoms. The van der Waals surface area contributed by atoms with Crippen LogP contribution in [0.3, 0.4) is 0 Å². The van der Waals surface area contributed by atoms with Crippen molar-refractivity contribution in [3.05, 3.63) is 78.3 Å². The number of nitrogens with one attached hydrogen (secondary N) is 1. The fourth-order valence-corrected chi connectivity index (χ4v) is 3.62. The van der Waals surface area contributed by atoms with E-state index >= 15 is 0 Å². The molecule has 1 aromatic carbocycles. The summed E-state index contributed by atoms with van der Waals surface area (Å²) >= 11 is 0. The highest BCUT2D eigenvalue weighted by atomic mass is 19.1. The zero-order valence-corrected chi connectivity index (χ0v) is 18.0. The van der Waals surface area contributed by atoms with Crippen molar-refractivity contribution in [3.8, 4) is 22.6 Å². The minimum atomic E-state index is -0.312. The van der Waals surface area contributed by atoms with Crippen LogP contribution in [0, 0.1) is 18.2 Å². The van der Waals surface area contributed by atoms with Crippen molar-refractivity contribution < 1.29 is 4.39 Å². The number of aromatic nitrogens is 5. The first-order valence-corrected chi connectivity index (χ1v) is 10.3. The lowest BCUT2D eigenvalue weighted by atomic mass is 10.0. The lowest BCUT2D eigenvalue weighted by molar-refractivity contribution is 0.568. The van der Waals surface area contributed by atoms with Gasteiger partial charge in [-0.1, -0.05) is 6.07 Å². The standard InChI is InChI=1S/C24H24FN7/c1-15-3-8-20(29-13-15)12-19(26)11-16(2)32-14-30-22(17-4-6-18(25)7-5-17)23(32)21-9-10-28-24(27)31-21/h3-10,13-14,16,26H,11-12H2,1-2H3,(H2,27,28,31). The van der Waals surface area contributed by atoms with Gasteiger partial charge < -0.3 is 15.7 Å². The number of nitrogen functional groups attached to an aromatic ring is 1. The summed E-state index contributed by atoms with van der Waals surface area (Å²) in [7, 11) is 0. The van der Waals surface area contributed by atoms with Crippen LogP contribution in [0.25, 0.3) is 22.6 Å². The summed E-state index contributed by atoms with van der Waals surface area (Å²) in [5.74, 6) is -0.154. The third-order valence-electron chi connectivity index (χ3n) is 5.21. The van der Waals surface area contributed by atoms with E-state index in [-0.39, 0.29) is 17.8 Å². The highest BCUT2D eigenvalue weighted by molar-refractivity contribution is 5.84. The van der Waals surface area contributed by atoms with Crippen LogP contribution < -0.4 is 5.73 Å². The van der Waals surface area contributed by atoms with Crippen molar-refractivity contribution in [2.45, 2.75) is 32.7 Å². The first-order chi connectivity index (χ1) is 15.4. The first-order valence-electron chi connectivity index (χ1n) is 10.3. The van der Waals surface area contributed by atoms with E-state index in [0.29, 0.717) is 29.9 Å². The Kier molecular flexibility index (Phi) is 6.02. The van der Waals surface area contributed by atoms with E-state index in [9.17, 15) is 4.39 Å². The van der Waals surface area contributed by atoms with Crippen molar-refractivity contribution in [2.24, 2.45) is 0 Å². The van der Waals surface area contributed by atoms with Gasteiger partial charge in [0.1, 0.15) is 5.82 Å². The molecule has 0 fully saturated rings. The van der Waals surface area contributed by atoms with E-state index in [0.717, 1.165) is 22.5 Å². The summed E-state index contributed by atoms with van der Waals surface area (Å²) in [6, 6.07) is 11.8. The third-order valence-corrected chi connectivity index (χ3v) is 5.21. The van der Waals surface area contributed by atoms with E-state index in [1.165, 1.54) is 12.1 Å². The van der Waals surface area contributed by atoms with Gasteiger partial charge in [0.15, 0.2) is 0 Å². The van der Waals surface area contributed by atoms with E-state index in [2.05, 4.69) is 19.9 Å². The van der Waals surface area contributed by atoms with Gasteiger partial charge in [0.2, 0.25) is 5.95 Å². The van der Waals surface area contributed by atoms with E-state index in [1.807, 2.05) is 36.7 Å². The molecule has 0 aliphatic carbocycles. The second kappa shape index (κ2) is 9.05. The lowest BCUT2D eigenvalue weighted by Crippen LogP contribution is -2.13. The maximum Gasteiger partial charge on any atom is 0.220 e. The van der Waals surface area contributed by atoms with E-state index in [4.69, 9.17) is 11.1 Å². The summed E-state index contributed by atoms with van der Waals surface area (Å²) in [6.45, 7) is 4.02. The average Bonchev–Trinajstić information content (AvgIpc) is 3.21. The van der Waals surface area contributed by atoms with Crippen LogP contribution >= 0.6 is 0 Å². The van der Waals surface area contributed by atoms with Crippen molar-refractivity contribution in [1.29, 1.82) is 5.41 Å². The smallest absolute Gasteiger partial charge is 0.220 e. The van der Waals surface area contributed by atoms with Gasteiger partial charge in [-0.05, 0) is 55.8 Å². The number of hydrogen-bond donors (Lipinski definition) is 2. The molecule has 0 aliphatic rings. The van der Waals surface area contributed by atoms with Gasteiger partial charge in [-0.2, -0.15) is 0 Å². The fraction of sp³-hybridized carbons (Fsp3) is 0.208. The molecule has 0 amide bonds. The fourth-order valence-electron chi connectivity index (χ4n) is 3.62. The van der Waals surface area contributed by atoms with Crippen LogP contribution in [0.4, 0.5) is 10.3 Å². The molecule has 0 saturated carbocycles. The number of pyridine rings is 1. The Morgan fingerprint density at radius 2 is 1.88 bits per heavy atom. The second-order valence-corrected chi connectivity index (χ2v) is 7.82. The Balaban J connectivity index is 1.66. The number of hydrogen-bond acceptors (Lipinski definition) is 6. The topological polar surface area (TPSA) is 106 Å². The summed E-state index contributed by atoms with van der Waals surface area (Å²) in [5.41, 5.74) is 11.2. The van der Waals surface area contributed by atoms with Gasteiger partial charge in [-0.15, -0.1) is 0 Å². The highest BCUT2D eigenvalue weighted by Crippen LogP contribution is 2.33. The Morgan fingerprint density at radius 1 is 1.09 bits per heavy atom. The van der Waals surface area contributed by atoms with Crippen LogP contribution in [-0.2, 0) is 6.42 Å². The number of halogens is 1. The number of nitrogens with two attached hydrogens (primary N) is 1. The molecule has 3 heterocycles. The predicted molar refractivity (Wildman–Crippen MR) is 123 cm³/mol. The summed E-state index contributed by atoms with van der Waals surface area (Å²) < 4.78 is 15.4. The molecule has 1 atom stereocenters. The molecular weight excluding hydrogens is 405 g/mol. The normalized spacial score (nSPS) is 12.0. The molecule has 0 saturated heterocycles. The Hall–Kier alpha value is -3.94. The molecule has 4 aromatic rings. The molecule has 0 radical (unpaired) electrons. The average molecular weight is 430 g/mol. The first kappa shape index (κ1) is 21.3. The highest BCUT2D eigenvalue weighted by Gasteiger charge is 2.21. The molecule has 4 rings (SSSR count). The summed E-state index contributed by atoms with van der Waals surface area (Å²) in [6.07, 6.45) is 6.14. The predicted octanol–water partition coefficient (Wildman–Crippen LogP) is 4.65. The largest absolute Gasteiger partial charge is 0.368 e. The van der Waals surface area contributed by atoms with Gasteiger partial charge in [-0.3, -0.25) is 4.98 Å². The number of anilines is 1. The number of nitrogens with zero attached hydrogens (tertiary/aromatic N) is 5. The minimum absolute atomic E-state index is 0.0687. The molecule has 1 unspecified atom stereocenters. The lowest BCUT2D eigenvalue weighted by Gasteiger charge is -2.18. The van der Waals surface area contributed by atoms with Gasteiger partial charge in [0.05, 0.1) is 23.4 Å². The Labute approximate surface area is 185 Å². The van der Waals surface area contributed by atoms with Crippen LogP contribution in [0.1, 0.15) is 30.6 Å². The maximum absolute atomic E-state index is 13.5. The summed E-state index contributed by atoms with van der Waals surface area (Å²) in [5, 5.41) is 8.50. The van der Waals surface area contributed by atoms with E-state index in [1.54, 1.807) is 30.7 Å². The third kappa shape index (κ3) is 4.69. The zero-order valence-electron chi connectivity index (χ0n) is 18.0. The molecule has 0 spiro atoms. The monoisotopic (exact) mass is 429 g/mol. The van der Waals surface area contributed by atoms with Crippen LogP contribution in [0.2, 0.25) is 0 Å². The molecule has 3 N–H and O–H groups in total. The minimum Gasteiger partial charge on any atom is -0.368 e. The van der Waals surface area contributed by atoms with Crippen molar-refractivity contribution >= 4 is 11.7 Å². The molecular formula is C24H24FN7. The zero-order chi connectivity index (χ0) is 22.7. The molecule has 7 nitrogen and oxygen atoms in total. The molecule has 3 aromatic heterocycles. The van der Waals surface area contributed by atoms with Crippen LogP contribution in [0.5, 0.6) is 0 Å². The van der Waals surface area contributed by atoms with E-state index < -0.39 is 0 Å². The Bertz CT molecular complexity index is 1230. The molecule has 0 bridgehead atoms.